The highest BCUT2D eigenvalue weighted by atomic mass is 19.1. The molecule has 3 heterocycles. The van der Waals surface area contributed by atoms with E-state index in [9.17, 15) is 13.6 Å². The summed E-state index contributed by atoms with van der Waals surface area (Å²) in [7, 11) is 1.55. The van der Waals surface area contributed by atoms with Gasteiger partial charge in [0.2, 0.25) is 17.7 Å². The van der Waals surface area contributed by atoms with Gasteiger partial charge in [-0.15, -0.1) is 0 Å². The maximum Gasteiger partial charge on any atom is 0.246 e. The molecule has 0 radical (unpaired) electrons. The smallest absolute Gasteiger partial charge is 0.246 e. The zero-order chi connectivity index (χ0) is 20.4. The number of ether oxygens (including phenoxy) is 1. The van der Waals surface area contributed by atoms with Crippen molar-refractivity contribution in [3.8, 4) is 5.88 Å². The van der Waals surface area contributed by atoms with Crippen LogP contribution in [-0.2, 0) is 4.79 Å². The monoisotopic (exact) mass is 401 g/mol. The predicted octanol–water partition coefficient (Wildman–Crippen LogP) is 2.94. The van der Waals surface area contributed by atoms with E-state index in [2.05, 4.69) is 15.1 Å². The number of hydrogen-bond donors (Lipinski definition) is 0. The van der Waals surface area contributed by atoms with E-state index in [0.717, 1.165) is 6.07 Å². The van der Waals surface area contributed by atoms with Gasteiger partial charge in [0, 0.05) is 50.0 Å². The molecule has 1 atom stereocenters. The third-order valence-electron chi connectivity index (χ3n) is 5.28. The minimum atomic E-state index is -0.661. The van der Waals surface area contributed by atoms with E-state index in [1.165, 1.54) is 17.1 Å². The van der Waals surface area contributed by atoms with Crippen molar-refractivity contribution in [2.45, 2.75) is 25.3 Å². The van der Waals surface area contributed by atoms with E-state index in [1.807, 2.05) is 4.90 Å². The Kier molecular flexibility index (Phi) is 5.37. The van der Waals surface area contributed by atoms with Crippen LogP contribution in [-0.4, -0.2) is 47.3 Å². The highest BCUT2D eigenvalue weighted by Gasteiger charge is 2.35. The molecule has 29 heavy (non-hydrogen) atoms. The van der Waals surface area contributed by atoms with Gasteiger partial charge in [-0.2, -0.15) is 10.1 Å². The van der Waals surface area contributed by atoms with Gasteiger partial charge in [0.25, 0.3) is 0 Å². The van der Waals surface area contributed by atoms with Gasteiger partial charge in [0.15, 0.2) is 0 Å². The van der Waals surface area contributed by atoms with E-state index >= 15 is 0 Å². The lowest BCUT2D eigenvalue weighted by Gasteiger charge is -2.33. The van der Waals surface area contributed by atoms with Gasteiger partial charge in [0.05, 0.1) is 13.2 Å². The summed E-state index contributed by atoms with van der Waals surface area (Å²) in [6.07, 6.45) is 4.93. The number of amides is 1. The quantitative estimate of drug-likeness (QED) is 0.788. The average Bonchev–Trinajstić information content (AvgIpc) is 3.23. The van der Waals surface area contributed by atoms with Gasteiger partial charge in [-0.3, -0.25) is 4.79 Å². The first-order valence-electron chi connectivity index (χ1n) is 9.48. The van der Waals surface area contributed by atoms with Crippen LogP contribution in [0.15, 0.2) is 35.6 Å². The molecule has 1 saturated heterocycles. The van der Waals surface area contributed by atoms with Gasteiger partial charge >= 0.3 is 0 Å². The molecule has 9 heteroatoms. The standard InChI is InChI=1S/C20H21F2N5O2/c1-29-18-3-6-23-20(25-18)26-8-4-13(5-9-26)19(28)27-17(2-7-24-27)14-10-15(21)12-16(22)11-14/h3,6-7,10-13,17H,2,4-5,8-9H2,1H3/t17-/m0/s1. The molecule has 2 aromatic rings. The Bertz CT molecular complexity index is 911. The van der Waals surface area contributed by atoms with Crippen LogP contribution in [0.25, 0.3) is 0 Å². The third-order valence-corrected chi connectivity index (χ3v) is 5.28. The van der Waals surface area contributed by atoms with Crippen LogP contribution in [0.1, 0.15) is 30.9 Å². The summed E-state index contributed by atoms with van der Waals surface area (Å²) >= 11 is 0. The molecule has 2 aliphatic rings. The molecular formula is C20H21F2N5O2. The molecule has 1 fully saturated rings. The molecule has 4 rings (SSSR count). The molecule has 1 aromatic carbocycles. The molecule has 0 unspecified atom stereocenters. The van der Waals surface area contributed by atoms with Crippen LogP contribution in [0.5, 0.6) is 5.88 Å². The first-order chi connectivity index (χ1) is 14.0. The summed E-state index contributed by atoms with van der Waals surface area (Å²) in [6, 6.07) is 4.53. The fourth-order valence-electron chi connectivity index (χ4n) is 3.78. The van der Waals surface area contributed by atoms with Crippen LogP contribution in [0.4, 0.5) is 14.7 Å². The van der Waals surface area contributed by atoms with Gasteiger partial charge in [-0.1, -0.05) is 0 Å². The zero-order valence-corrected chi connectivity index (χ0v) is 16.0. The number of nitrogens with zero attached hydrogens (tertiary/aromatic N) is 5. The number of anilines is 1. The van der Waals surface area contributed by atoms with Gasteiger partial charge in [-0.05, 0) is 30.5 Å². The number of carbonyl (C=O) groups excluding carboxylic acids is 1. The number of piperidine rings is 1. The molecule has 1 aromatic heterocycles. The first kappa shape index (κ1) is 19.2. The number of hydrazone groups is 1. The fourth-order valence-corrected chi connectivity index (χ4v) is 3.78. The largest absolute Gasteiger partial charge is 0.481 e. The van der Waals surface area contributed by atoms with Crippen LogP contribution < -0.4 is 9.64 Å². The van der Waals surface area contributed by atoms with E-state index in [1.54, 1.807) is 25.6 Å². The van der Waals surface area contributed by atoms with Crippen molar-refractivity contribution in [2.24, 2.45) is 11.0 Å². The predicted molar refractivity (Wildman–Crippen MR) is 103 cm³/mol. The average molecular weight is 401 g/mol. The van der Waals surface area contributed by atoms with E-state index in [-0.39, 0.29) is 11.8 Å². The van der Waals surface area contributed by atoms with Crippen LogP contribution in [0.2, 0.25) is 0 Å². The van der Waals surface area contributed by atoms with Gasteiger partial charge < -0.3 is 9.64 Å². The molecule has 0 aliphatic carbocycles. The molecule has 7 nitrogen and oxygen atoms in total. The number of aromatic nitrogens is 2. The summed E-state index contributed by atoms with van der Waals surface area (Å²) in [4.78, 5) is 23.7. The summed E-state index contributed by atoms with van der Waals surface area (Å²) in [6.45, 7) is 1.25. The lowest BCUT2D eigenvalue weighted by molar-refractivity contribution is -0.138. The lowest BCUT2D eigenvalue weighted by atomic mass is 9.94. The van der Waals surface area contributed by atoms with Crippen molar-refractivity contribution < 1.29 is 18.3 Å². The van der Waals surface area contributed by atoms with Crippen molar-refractivity contribution in [2.75, 3.05) is 25.1 Å². The first-order valence-corrected chi connectivity index (χ1v) is 9.48. The maximum atomic E-state index is 13.6. The molecule has 1 amide bonds. The Hall–Kier alpha value is -3.10. The highest BCUT2D eigenvalue weighted by Crippen LogP contribution is 2.33. The Morgan fingerprint density at radius 3 is 2.59 bits per heavy atom. The third kappa shape index (κ3) is 4.03. The van der Waals surface area contributed by atoms with Crippen molar-refractivity contribution >= 4 is 18.1 Å². The van der Waals surface area contributed by atoms with Gasteiger partial charge in [-0.25, -0.2) is 18.8 Å². The normalized spacial score (nSPS) is 19.6. The number of carbonyl (C=O) groups is 1. The molecule has 0 N–H and O–H groups in total. The van der Waals surface area contributed by atoms with E-state index in [0.29, 0.717) is 49.7 Å². The van der Waals surface area contributed by atoms with Crippen LogP contribution >= 0.6 is 0 Å². The molecule has 0 bridgehead atoms. The number of halogens is 2. The van der Waals surface area contributed by atoms with Crippen molar-refractivity contribution in [1.82, 2.24) is 15.0 Å². The summed E-state index contributed by atoms with van der Waals surface area (Å²) in [5, 5.41) is 5.56. The Morgan fingerprint density at radius 1 is 1.17 bits per heavy atom. The summed E-state index contributed by atoms with van der Waals surface area (Å²) < 4.78 is 32.4. The lowest BCUT2D eigenvalue weighted by Crippen LogP contribution is -2.41. The summed E-state index contributed by atoms with van der Waals surface area (Å²) in [5.41, 5.74) is 0.413. The van der Waals surface area contributed by atoms with Crippen molar-refractivity contribution in [3.05, 3.63) is 47.7 Å². The van der Waals surface area contributed by atoms with E-state index in [4.69, 9.17) is 4.74 Å². The highest BCUT2D eigenvalue weighted by molar-refractivity contribution is 5.82. The topological polar surface area (TPSA) is 70.9 Å². The molecular weight excluding hydrogens is 380 g/mol. The second-order valence-corrected chi connectivity index (χ2v) is 7.10. The number of methoxy groups -OCH3 is 1. The van der Waals surface area contributed by atoms with Crippen molar-refractivity contribution in [1.29, 1.82) is 0 Å². The number of rotatable bonds is 4. The Morgan fingerprint density at radius 2 is 1.90 bits per heavy atom. The Labute approximate surface area is 167 Å². The van der Waals surface area contributed by atoms with Crippen molar-refractivity contribution in [3.63, 3.8) is 0 Å². The van der Waals surface area contributed by atoms with E-state index < -0.39 is 17.7 Å². The van der Waals surface area contributed by atoms with Crippen LogP contribution in [0, 0.1) is 17.6 Å². The SMILES string of the molecule is COc1ccnc(N2CCC(C(=O)N3N=CC[C@H]3c3cc(F)cc(F)c3)CC2)n1. The van der Waals surface area contributed by atoms with Gasteiger partial charge in [0.1, 0.15) is 11.6 Å². The minimum Gasteiger partial charge on any atom is -0.481 e. The molecule has 0 spiro atoms. The second-order valence-electron chi connectivity index (χ2n) is 7.10. The number of benzene rings is 1. The fraction of sp³-hybridized carbons (Fsp3) is 0.400. The molecule has 152 valence electrons. The molecule has 2 aliphatic heterocycles. The minimum absolute atomic E-state index is 0.125. The number of hydrogen-bond acceptors (Lipinski definition) is 6. The second kappa shape index (κ2) is 8.10. The van der Waals surface area contributed by atoms with Crippen LogP contribution in [0.3, 0.4) is 0 Å². The zero-order valence-electron chi connectivity index (χ0n) is 16.0. The molecule has 0 saturated carbocycles. The maximum absolute atomic E-state index is 13.6. The summed E-state index contributed by atoms with van der Waals surface area (Å²) in [5.74, 6) is -0.600. The Balaban J connectivity index is 1.43.